The molecule has 2 amide bonds. The van der Waals surface area contributed by atoms with Crippen LogP contribution >= 0.6 is 11.8 Å². The number of anilines is 2. The Morgan fingerprint density at radius 2 is 1.93 bits per heavy atom. The molecule has 8 nitrogen and oxygen atoms in total. The number of sulfonamides is 1. The number of amides is 2. The van der Waals surface area contributed by atoms with Gasteiger partial charge in [0.1, 0.15) is 5.75 Å². The number of aromatic hydroxyl groups is 1. The molecular weight excluding hydrogens is 426 g/mol. The summed E-state index contributed by atoms with van der Waals surface area (Å²) in [6.07, 6.45) is 0.391. The number of hydrogen-bond donors (Lipinski definition) is 3. The minimum atomic E-state index is -3.74. The van der Waals surface area contributed by atoms with Gasteiger partial charge in [-0.15, -0.1) is 11.8 Å². The summed E-state index contributed by atoms with van der Waals surface area (Å²) in [6, 6.07) is 8.71. The quantitative estimate of drug-likeness (QED) is 0.584. The molecule has 0 atom stereocenters. The predicted molar refractivity (Wildman–Crippen MR) is 117 cm³/mol. The van der Waals surface area contributed by atoms with Gasteiger partial charge in [-0.2, -0.15) is 4.31 Å². The van der Waals surface area contributed by atoms with E-state index in [0.717, 1.165) is 4.90 Å². The summed E-state index contributed by atoms with van der Waals surface area (Å²) >= 11 is 1.53. The molecular formula is C20H23N3O5S2. The molecule has 30 heavy (non-hydrogen) atoms. The zero-order valence-electron chi connectivity index (χ0n) is 16.6. The lowest BCUT2D eigenvalue weighted by Crippen LogP contribution is -2.30. The van der Waals surface area contributed by atoms with Crippen LogP contribution in [0.5, 0.6) is 5.75 Å². The number of phenolic OH excluding ortho intramolecular Hbond substituents is 1. The molecule has 1 aliphatic heterocycles. The molecule has 3 N–H and O–H groups in total. The molecule has 10 heteroatoms. The summed E-state index contributed by atoms with van der Waals surface area (Å²) in [6.45, 7) is 4.08. The highest BCUT2D eigenvalue weighted by molar-refractivity contribution is 7.99. The molecule has 3 rings (SSSR count). The molecule has 0 aromatic heterocycles. The van der Waals surface area contributed by atoms with Crippen LogP contribution in [0.1, 0.15) is 30.6 Å². The van der Waals surface area contributed by atoms with Gasteiger partial charge in [0.25, 0.3) is 5.91 Å². The third-order valence-corrected chi connectivity index (χ3v) is 7.78. The van der Waals surface area contributed by atoms with E-state index in [1.165, 1.54) is 34.3 Å². The summed E-state index contributed by atoms with van der Waals surface area (Å²) in [5.74, 6) is -0.244. The van der Waals surface area contributed by atoms with E-state index in [1.807, 2.05) is 0 Å². The fraction of sp³-hybridized carbons (Fsp3) is 0.300. The Balaban J connectivity index is 1.88. The number of fused-ring (bicyclic) bond motifs is 1. The number of carbonyl (C=O) groups excluding carboxylic acids is 2. The summed E-state index contributed by atoms with van der Waals surface area (Å²) in [4.78, 5) is 25.3. The summed E-state index contributed by atoms with van der Waals surface area (Å²) in [7, 11) is -3.74. The molecule has 2 aromatic carbocycles. The van der Waals surface area contributed by atoms with Crippen molar-refractivity contribution in [2.45, 2.75) is 30.1 Å². The van der Waals surface area contributed by atoms with Crippen molar-refractivity contribution in [3.05, 3.63) is 42.0 Å². The largest absolute Gasteiger partial charge is 0.506 e. The number of nitrogens with zero attached hydrogens (tertiary/aromatic N) is 1. The topological polar surface area (TPSA) is 116 Å². The van der Waals surface area contributed by atoms with Gasteiger partial charge in [0.15, 0.2) is 0 Å². The standard InChI is InChI=1S/C20H23N3O5S2/c1-3-23(4-2)30(27,28)14-6-7-17(24)15(12-14)22-20(26)13-5-8-18-16(11-13)21-19(25)9-10-29-18/h5-8,11-12,24H,3-4,9-10H2,1-2H3,(H,21,25)(H,22,26). The number of hydrogen-bond acceptors (Lipinski definition) is 6. The Morgan fingerprint density at radius 3 is 2.63 bits per heavy atom. The van der Waals surface area contributed by atoms with Crippen LogP contribution in [-0.4, -0.2) is 48.5 Å². The normalized spacial score (nSPS) is 14.0. The third kappa shape index (κ3) is 4.61. The zero-order valence-corrected chi connectivity index (χ0v) is 18.3. The lowest BCUT2D eigenvalue weighted by atomic mass is 10.1. The first kappa shape index (κ1) is 22.1. The lowest BCUT2D eigenvalue weighted by molar-refractivity contribution is -0.115. The van der Waals surface area contributed by atoms with Gasteiger partial charge in [-0.3, -0.25) is 9.59 Å². The van der Waals surface area contributed by atoms with E-state index in [0.29, 0.717) is 31.0 Å². The Bertz CT molecular complexity index is 1080. The van der Waals surface area contributed by atoms with Crippen LogP contribution in [0, 0.1) is 0 Å². The summed E-state index contributed by atoms with van der Waals surface area (Å²) in [5.41, 5.74) is 0.812. The van der Waals surface area contributed by atoms with Crippen LogP contribution in [0.25, 0.3) is 0 Å². The van der Waals surface area contributed by atoms with Crippen molar-refractivity contribution in [1.29, 1.82) is 0 Å². The van der Waals surface area contributed by atoms with Crippen LogP contribution in [0.3, 0.4) is 0 Å². The van der Waals surface area contributed by atoms with Gasteiger partial charge >= 0.3 is 0 Å². The number of thioether (sulfide) groups is 1. The molecule has 0 saturated carbocycles. The van der Waals surface area contributed by atoms with Crippen LogP contribution in [0.4, 0.5) is 11.4 Å². The minimum absolute atomic E-state index is 0.0124. The monoisotopic (exact) mass is 449 g/mol. The number of carbonyl (C=O) groups is 2. The first-order chi connectivity index (χ1) is 14.3. The first-order valence-electron chi connectivity index (χ1n) is 9.47. The molecule has 2 aromatic rings. The lowest BCUT2D eigenvalue weighted by Gasteiger charge is -2.19. The molecule has 1 aliphatic rings. The van der Waals surface area contributed by atoms with Gasteiger partial charge in [0.05, 0.1) is 16.3 Å². The van der Waals surface area contributed by atoms with E-state index >= 15 is 0 Å². The van der Waals surface area contributed by atoms with E-state index < -0.39 is 15.9 Å². The van der Waals surface area contributed by atoms with E-state index in [-0.39, 0.29) is 27.8 Å². The molecule has 0 fully saturated rings. The van der Waals surface area contributed by atoms with Crippen LogP contribution < -0.4 is 10.6 Å². The number of phenols is 1. The smallest absolute Gasteiger partial charge is 0.255 e. The van der Waals surface area contributed by atoms with E-state index in [2.05, 4.69) is 10.6 Å². The molecule has 0 saturated heterocycles. The van der Waals surface area contributed by atoms with Crippen molar-refractivity contribution < 1.29 is 23.1 Å². The summed E-state index contributed by atoms with van der Waals surface area (Å²) in [5, 5.41) is 15.5. The number of rotatable bonds is 6. The molecule has 1 heterocycles. The molecule has 0 aliphatic carbocycles. The van der Waals surface area contributed by atoms with E-state index in [4.69, 9.17) is 0 Å². The summed E-state index contributed by atoms with van der Waals surface area (Å²) < 4.78 is 26.7. The van der Waals surface area contributed by atoms with Crippen LogP contribution in [0.2, 0.25) is 0 Å². The second-order valence-corrected chi connectivity index (χ2v) is 9.65. The van der Waals surface area contributed by atoms with Gasteiger partial charge < -0.3 is 15.7 Å². The highest BCUT2D eigenvalue weighted by Gasteiger charge is 2.23. The maximum atomic E-state index is 12.7. The van der Waals surface area contributed by atoms with Crippen LogP contribution in [0.15, 0.2) is 46.2 Å². The molecule has 0 unspecified atom stereocenters. The second-order valence-electron chi connectivity index (χ2n) is 6.58. The average molecular weight is 450 g/mol. The maximum Gasteiger partial charge on any atom is 0.255 e. The highest BCUT2D eigenvalue weighted by Crippen LogP contribution is 2.32. The van der Waals surface area contributed by atoms with Crippen molar-refractivity contribution in [3.8, 4) is 5.75 Å². The number of benzene rings is 2. The second kappa shape index (κ2) is 9.07. The Hall–Kier alpha value is -2.56. The zero-order chi connectivity index (χ0) is 21.9. The Labute approximate surface area is 179 Å². The highest BCUT2D eigenvalue weighted by atomic mass is 32.2. The van der Waals surface area contributed by atoms with Gasteiger partial charge in [0, 0.05) is 35.7 Å². The van der Waals surface area contributed by atoms with E-state index in [9.17, 15) is 23.1 Å². The predicted octanol–water partition coefficient (Wildman–Crippen LogP) is 3.11. The molecule has 0 spiro atoms. The maximum absolute atomic E-state index is 12.7. The average Bonchev–Trinajstić information content (AvgIpc) is 2.89. The molecule has 0 radical (unpaired) electrons. The number of nitrogens with one attached hydrogen (secondary N) is 2. The first-order valence-corrected chi connectivity index (χ1v) is 11.9. The SMILES string of the molecule is CCN(CC)S(=O)(=O)c1ccc(O)c(NC(=O)c2ccc3c(c2)NC(=O)CCS3)c1. The molecule has 0 bridgehead atoms. The van der Waals surface area contributed by atoms with Crippen molar-refractivity contribution >= 4 is 45.0 Å². The minimum Gasteiger partial charge on any atom is -0.506 e. The third-order valence-electron chi connectivity index (χ3n) is 4.66. The fourth-order valence-electron chi connectivity index (χ4n) is 3.04. The Kier molecular flexibility index (Phi) is 6.69. The Morgan fingerprint density at radius 1 is 1.20 bits per heavy atom. The van der Waals surface area contributed by atoms with E-state index in [1.54, 1.807) is 32.0 Å². The van der Waals surface area contributed by atoms with Gasteiger partial charge in [-0.1, -0.05) is 13.8 Å². The molecule has 160 valence electrons. The fourth-order valence-corrected chi connectivity index (χ4v) is 5.47. The van der Waals surface area contributed by atoms with Crippen molar-refractivity contribution in [1.82, 2.24) is 4.31 Å². The van der Waals surface area contributed by atoms with Crippen molar-refractivity contribution in [2.75, 3.05) is 29.5 Å². The van der Waals surface area contributed by atoms with Crippen molar-refractivity contribution in [3.63, 3.8) is 0 Å². The van der Waals surface area contributed by atoms with Crippen LogP contribution in [-0.2, 0) is 14.8 Å². The van der Waals surface area contributed by atoms with Crippen molar-refractivity contribution in [2.24, 2.45) is 0 Å². The van der Waals surface area contributed by atoms with Gasteiger partial charge in [-0.05, 0) is 36.4 Å². The van der Waals surface area contributed by atoms with Gasteiger partial charge in [-0.25, -0.2) is 8.42 Å². The van der Waals surface area contributed by atoms with Gasteiger partial charge in [0.2, 0.25) is 15.9 Å².